The summed E-state index contributed by atoms with van der Waals surface area (Å²) in [6.45, 7) is 9.80. The largest absolute Gasteiger partial charge is 1.00 e. The van der Waals surface area contributed by atoms with Crippen molar-refractivity contribution >= 4 is 0 Å². The second-order valence-electron chi connectivity index (χ2n) is 3.62. The Bertz CT molecular complexity index is 69.7. The predicted molar refractivity (Wildman–Crippen MR) is 71.6 cm³/mol. The van der Waals surface area contributed by atoms with Crippen LogP contribution in [0.3, 0.4) is 0 Å². The molecule has 0 saturated carbocycles. The van der Waals surface area contributed by atoms with Gasteiger partial charge in [0, 0.05) is 0 Å². The van der Waals surface area contributed by atoms with Crippen LogP contribution in [0.25, 0.3) is 0 Å². The van der Waals surface area contributed by atoms with Crippen LogP contribution in [-0.4, -0.2) is 25.1 Å². The third kappa shape index (κ3) is 119. The zero-order chi connectivity index (χ0) is 12.4. The maximum atomic E-state index is 3.68. The van der Waals surface area contributed by atoms with Gasteiger partial charge >= 0.3 is 0 Å². The summed E-state index contributed by atoms with van der Waals surface area (Å²) in [5, 5.41) is 0. The molecule has 0 saturated heterocycles. The average molecular weight is 375 g/mol. The summed E-state index contributed by atoms with van der Waals surface area (Å²) in [5.41, 5.74) is 11.0. The summed E-state index contributed by atoms with van der Waals surface area (Å²) in [5.74, 6) is 0. The Morgan fingerprint density at radius 2 is 0.789 bits per heavy atom. The highest BCUT2D eigenvalue weighted by atomic mass is 79.9. The van der Waals surface area contributed by atoms with Crippen LogP contribution in [-0.2, 0) is 0 Å². The Morgan fingerprint density at radius 3 is 0.789 bits per heavy atom. The molecular formula is C12H38BrClFN3O. The molecule has 0 radical (unpaired) electrons. The van der Waals surface area contributed by atoms with Gasteiger partial charge in [-0.2, -0.15) is 0 Å². The molecule has 0 aromatic rings. The quantitative estimate of drug-likeness (QED) is 0.410. The molecule has 11 N–H and O–H groups in total. The molecule has 0 amide bonds. The van der Waals surface area contributed by atoms with Crippen molar-refractivity contribution in [1.29, 1.82) is 0 Å². The predicted octanol–water partition coefficient (Wildman–Crippen LogP) is -9.73. The first-order valence-corrected chi connectivity index (χ1v) is 6.62. The third-order valence-electron chi connectivity index (χ3n) is 1.81. The lowest BCUT2D eigenvalue weighted by atomic mass is 10.3. The molecule has 0 aromatic carbocycles. The Morgan fingerprint density at radius 1 is 0.632 bits per heavy atom. The molecule has 7 heteroatoms. The Kier molecular flexibility index (Phi) is 141. The highest BCUT2D eigenvalue weighted by molar-refractivity contribution is 4.22. The van der Waals surface area contributed by atoms with E-state index in [9.17, 15) is 0 Å². The smallest absolute Gasteiger partial charge is 0.0739 e. The van der Waals surface area contributed by atoms with E-state index in [0.717, 1.165) is 19.6 Å². The zero-order valence-electron chi connectivity index (χ0n) is 13.1. The Hall–Kier alpha value is 0.540. The molecular weight excluding hydrogens is 337 g/mol. The van der Waals surface area contributed by atoms with Crippen LogP contribution in [0.5, 0.6) is 0 Å². The van der Waals surface area contributed by atoms with Gasteiger partial charge in [0.25, 0.3) is 0 Å². The second-order valence-corrected chi connectivity index (χ2v) is 3.62. The lowest BCUT2D eigenvalue weighted by Crippen LogP contribution is -3.00. The fourth-order valence-corrected chi connectivity index (χ4v) is 0.750. The van der Waals surface area contributed by atoms with E-state index in [1.807, 2.05) is 0 Å². The summed E-state index contributed by atoms with van der Waals surface area (Å²) in [7, 11) is 0. The van der Waals surface area contributed by atoms with Crippen molar-refractivity contribution in [3.05, 3.63) is 0 Å². The lowest BCUT2D eigenvalue weighted by Gasteiger charge is -1.77. The van der Waals surface area contributed by atoms with Crippen LogP contribution < -0.4 is 51.3 Å². The van der Waals surface area contributed by atoms with Crippen LogP contribution in [0.4, 0.5) is 0 Å². The van der Waals surface area contributed by atoms with Crippen LogP contribution in [0.2, 0.25) is 0 Å². The number of quaternary nitrogens is 3. The van der Waals surface area contributed by atoms with Gasteiger partial charge in [-0.15, -0.1) is 0 Å². The van der Waals surface area contributed by atoms with Gasteiger partial charge < -0.3 is 56.8 Å². The van der Waals surface area contributed by atoms with Crippen LogP contribution in [0.1, 0.15) is 59.3 Å². The minimum atomic E-state index is 0. The van der Waals surface area contributed by atoms with Crippen molar-refractivity contribution in [3.8, 4) is 0 Å². The van der Waals surface area contributed by atoms with E-state index in [-0.39, 0.29) is 39.6 Å². The summed E-state index contributed by atoms with van der Waals surface area (Å²) < 4.78 is 0. The second kappa shape index (κ2) is 62.7. The molecule has 0 aliphatic rings. The van der Waals surface area contributed by atoms with E-state index in [0.29, 0.717) is 0 Å². The van der Waals surface area contributed by atoms with Gasteiger partial charge in [0.15, 0.2) is 0 Å². The van der Waals surface area contributed by atoms with Crippen molar-refractivity contribution in [3.63, 3.8) is 0 Å². The van der Waals surface area contributed by atoms with E-state index < -0.39 is 0 Å². The van der Waals surface area contributed by atoms with Crippen molar-refractivity contribution in [2.45, 2.75) is 59.3 Å². The molecule has 0 fully saturated rings. The van der Waals surface area contributed by atoms with E-state index in [4.69, 9.17) is 0 Å². The number of rotatable bonds is 6. The van der Waals surface area contributed by atoms with Gasteiger partial charge in [-0.25, -0.2) is 0 Å². The Labute approximate surface area is 136 Å². The molecule has 0 aromatic heterocycles. The van der Waals surface area contributed by atoms with E-state index in [1.165, 1.54) is 38.5 Å². The summed E-state index contributed by atoms with van der Waals surface area (Å²) >= 11 is 0. The lowest BCUT2D eigenvalue weighted by molar-refractivity contribution is -0.368. The molecule has 4 nitrogen and oxygen atoms in total. The van der Waals surface area contributed by atoms with E-state index >= 15 is 0 Å². The van der Waals surface area contributed by atoms with Gasteiger partial charge in [0.1, 0.15) is 0 Å². The van der Waals surface area contributed by atoms with Gasteiger partial charge in [-0.1, -0.05) is 40.0 Å². The number of hydrogen-bond acceptors (Lipinski definition) is 0. The van der Waals surface area contributed by atoms with Gasteiger partial charge in [-0.3, -0.25) is 0 Å². The number of unbranched alkanes of at least 4 members (excludes halogenated alkanes) is 3. The van der Waals surface area contributed by atoms with Crippen LogP contribution >= 0.6 is 0 Å². The van der Waals surface area contributed by atoms with Gasteiger partial charge in [-0.05, 0) is 19.3 Å². The maximum Gasteiger partial charge on any atom is 0.0739 e. The Balaban J connectivity index is -0.0000000206. The summed E-state index contributed by atoms with van der Waals surface area (Å²) in [6, 6.07) is 0. The SMILES string of the molecule is CCCC[NH3+].CCCC[NH3+].CCCC[NH3+].O.[Br-].[Cl-].[F-]. The monoisotopic (exact) mass is 373 g/mol. The maximum absolute atomic E-state index is 3.68. The molecule has 0 spiro atoms. The molecule has 128 valence electrons. The highest BCUT2D eigenvalue weighted by Crippen LogP contribution is 1.76. The van der Waals surface area contributed by atoms with Crippen LogP contribution in [0, 0.1) is 0 Å². The topological polar surface area (TPSA) is 114 Å². The average Bonchev–Trinajstić information content (AvgIpc) is 2.23. The third-order valence-corrected chi connectivity index (χ3v) is 1.81. The molecule has 0 bridgehead atoms. The van der Waals surface area contributed by atoms with E-state index in [1.54, 1.807) is 0 Å². The van der Waals surface area contributed by atoms with Crippen molar-refractivity contribution in [1.82, 2.24) is 0 Å². The molecule has 0 heterocycles. The molecule has 0 aliphatic heterocycles. The van der Waals surface area contributed by atoms with Crippen molar-refractivity contribution < 1.29 is 56.8 Å². The number of halogens is 3. The highest BCUT2D eigenvalue weighted by Gasteiger charge is 1.72. The zero-order valence-corrected chi connectivity index (χ0v) is 15.5. The first-order chi connectivity index (χ1) is 7.24. The normalized spacial score (nSPS) is 6.63. The number of hydrogen-bond donors (Lipinski definition) is 3. The molecule has 0 unspecified atom stereocenters. The summed E-state index contributed by atoms with van der Waals surface area (Å²) in [6.07, 6.45) is 7.68. The minimum absolute atomic E-state index is 0. The minimum Gasteiger partial charge on any atom is -1.00 e. The van der Waals surface area contributed by atoms with Crippen LogP contribution in [0.15, 0.2) is 0 Å². The van der Waals surface area contributed by atoms with E-state index in [2.05, 4.69) is 38.0 Å². The molecule has 19 heavy (non-hydrogen) atoms. The fourth-order valence-electron chi connectivity index (χ4n) is 0.750. The molecule has 0 aliphatic carbocycles. The van der Waals surface area contributed by atoms with Gasteiger partial charge in [0.05, 0.1) is 19.6 Å². The fraction of sp³-hybridized carbons (Fsp3) is 1.00. The first-order valence-electron chi connectivity index (χ1n) is 6.62. The standard InChI is InChI=1S/3C4H11N.BrH.ClH.FH.H2O/c3*1-2-3-4-5;;;;/h3*2-5H2,1H3;3*1H;1H2. The first kappa shape index (κ1) is 42.7. The van der Waals surface area contributed by atoms with Gasteiger partial charge in [0.2, 0.25) is 0 Å². The van der Waals surface area contributed by atoms with Crippen molar-refractivity contribution in [2.75, 3.05) is 19.6 Å². The molecule has 0 rings (SSSR count). The van der Waals surface area contributed by atoms with Crippen molar-refractivity contribution in [2.24, 2.45) is 0 Å². The summed E-state index contributed by atoms with van der Waals surface area (Å²) in [4.78, 5) is 0. The molecule has 0 atom stereocenters.